The van der Waals surface area contributed by atoms with E-state index in [2.05, 4.69) is 10.6 Å². The molecule has 3 aromatic carbocycles. The summed E-state index contributed by atoms with van der Waals surface area (Å²) in [5.41, 5.74) is 3.91. The van der Waals surface area contributed by atoms with E-state index in [1.54, 1.807) is 31.4 Å². The molecule has 0 saturated carbocycles. The minimum Gasteiger partial charge on any atom is -0.497 e. The average Bonchev–Trinajstić information content (AvgIpc) is 2.95. The summed E-state index contributed by atoms with van der Waals surface area (Å²) >= 11 is 0. The van der Waals surface area contributed by atoms with Gasteiger partial charge in [-0.3, -0.25) is 9.59 Å². The molecule has 39 heavy (non-hydrogen) atoms. The molecule has 0 aliphatic heterocycles. The molecular formula is C31H38N3O5+2. The number of Topliss-reactive ketones (excluding diaryl/α,β-unsaturated/α-hetero) is 1. The van der Waals surface area contributed by atoms with Gasteiger partial charge < -0.3 is 15.4 Å². The predicted molar refractivity (Wildman–Crippen MR) is 149 cm³/mol. The number of rotatable bonds is 15. The molecule has 0 heterocycles. The topological polar surface area (TPSA) is 113 Å². The highest BCUT2D eigenvalue weighted by atomic mass is 16.7. The van der Waals surface area contributed by atoms with Crippen LogP contribution in [0.1, 0.15) is 48.2 Å². The first kappa shape index (κ1) is 29.5. The monoisotopic (exact) mass is 532 g/mol. The highest BCUT2D eigenvalue weighted by Crippen LogP contribution is 2.14. The Hall–Kier alpha value is -4.01. The minimum atomic E-state index is -0.851. The van der Waals surface area contributed by atoms with Crippen molar-refractivity contribution in [2.24, 2.45) is 5.92 Å². The van der Waals surface area contributed by atoms with Crippen molar-refractivity contribution in [1.82, 2.24) is 10.6 Å². The van der Waals surface area contributed by atoms with Crippen molar-refractivity contribution in [1.29, 1.82) is 0 Å². The molecule has 0 aliphatic carbocycles. The molecule has 2 atom stereocenters. The number of nitrogens with one attached hydrogen (secondary N) is 2. The number of hydroxylamine groups is 1. The summed E-state index contributed by atoms with van der Waals surface area (Å²) in [6, 6.07) is 24.3. The Bertz CT molecular complexity index is 1180. The number of ketones is 1. The average molecular weight is 533 g/mol. The van der Waals surface area contributed by atoms with Crippen molar-refractivity contribution in [3.05, 3.63) is 102 Å². The van der Waals surface area contributed by atoms with Crippen molar-refractivity contribution >= 4 is 17.7 Å². The summed E-state index contributed by atoms with van der Waals surface area (Å²) < 4.78 is 5.17. The molecule has 3 rings (SSSR count). The number of benzene rings is 3. The van der Waals surface area contributed by atoms with Crippen LogP contribution in [-0.2, 0) is 27.5 Å². The Balaban J connectivity index is 1.69. The van der Waals surface area contributed by atoms with Crippen LogP contribution in [0.15, 0.2) is 84.9 Å². The number of carbonyl (C=O) groups excluding carboxylic acids is 3. The number of nitrogens with two attached hydrogens (primary N) is 1. The van der Waals surface area contributed by atoms with Crippen LogP contribution >= 0.6 is 0 Å². The van der Waals surface area contributed by atoms with E-state index >= 15 is 0 Å². The molecule has 4 N–H and O–H groups in total. The number of hydrogen-bond donors (Lipinski definition) is 3. The van der Waals surface area contributed by atoms with Crippen LogP contribution in [0, 0.1) is 5.92 Å². The second-order valence-corrected chi connectivity index (χ2v) is 9.76. The molecule has 0 aromatic heterocycles. The van der Waals surface area contributed by atoms with Gasteiger partial charge in [0.05, 0.1) is 17.9 Å². The van der Waals surface area contributed by atoms with Crippen LogP contribution in [0.25, 0.3) is 0 Å². The predicted octanol–water partition coefficient (Wildman–Crippen LogP) is 3.18. The van der Waals surface area contributed by atoms with Gasteiger partial charge in [0.25, 0.3) is 0 Å². The highest BCUT2D eigenvalue weighted by Gasteiger charge is 2.38. The van der Waals surface area contributed by atoms with Gasteiger partial charge in [-0.2, -0.15) is 0 Å². The van der Waals surface area contributed by atoms with Gasteiger partial charge in [0.1, 0.15) is 5.75 Å². The van der Waals surface area contributed by atoms with Crippen LogP contribution in [0.5, 0.6) is 5.75 Å². The highest BCUT2D eigenvalue weighted by molar-refractivity contribution is 6.00. The van der Waals surface area contributed by atoms with E-state index in [1.807, 2.05) is 74.5 Å². The van der Waals surface area contributed by atoms with E-state index in [0.29, 0.717) is 30.8 Å². The van der Waals surface area contributed by atoms with Gasteiger partial charge in [-0.25, -0.2) is 0 Å². The first-order chi connectivity index (χ1) is 18.9. The third-order valence-corrected chi connectivity index (χ3v) is 6.18. The van der Waals surface area contributed by atoms with E-state index in [1.165, 1.54) is 5.48 Å². The van der Waals surface area contributed by atoms with Crippen molar-refractivity contribution < 1.29 is 29.4 Å². The summed E-state index contributed by atoms with van der Waals surface area (Å²) in [6.07, 6.45) is 0.330. The zero-order valence-corrected chi connectivity index (χ0v) is 22.8. The maximum atomic E-state index is 13.5. The van der Waals surface area contributed by atoms with Gasteiger partial charge in [-0.05, 0) is 42.2 Å². The Morgan fingerprint density at radius 1 is 0.872 bits per heavy atom. The first-order valence-corrected chi connectivity index (χ1v) is 13.2. The maximum absolute atomic E-state index is 13.5. The molecule has 1 amide bonds. The number of hydrogen-bond acceptors (Lipinski definition) is 6. The lowest BCUT2D eigenvalue weighted by molar-refractivity contribution is -0.885. The summed E-state index contributed by atoms with van der Waals surface area (Å²) in [5, 5.41) is 6.04. The van der Waals surface area contributed by atoms with Crippen LogP contribution < -0.4 is 20.9 Å². The number of methoxy groups -OCH3 is 1. The van der Waals surface area contributed by atoms with Gasteiger partial charge in [0.15, 0.2) is 18.4 Å². The molecule has 0 unspecified atom stereocenters. The third-order valence-electron chi connectivity index (χ3n) is 6.18. The number of amides is 1. The standard InChI is InChI=1S/C31H37N3O5/c1-22(2)18-28(31(37)39-33-21-24-12-8-5-9-13-24)34-30(36)27(32-20-23-10-6-4-7-11-23)19-29(35)25-14-16-26(38-3)17-15-25/h4-17,22,27-28,32-33H,18-21H2,1-3H3,(H,34,36)/q+1/p+1/t27-,28+/m1/s1. The van der Waals surface area contributed by atoms with E-state index in [0.717, 1.165) is 11.1 Å². The number of quaternary nitrogens is 1. The zero-order chi connectivity index (χ0) is 28.0. The maximum Gasteiger partial charge on any atom is 0.660 e. The van der Waals surface area contributed by atoms with Gasteiger partial charge >= 0.3 is 5.97 Å². The number of carbonyl (C=O) groups is 3. The lowest BCUT2D eigenvalue weighted by atomic mass is 10.0. The van der Waals surface area contributed by atoms with Crippen molar-refractivity contribution in [2.45, 2.75) is 51.9 Å². The zero-order valence-electron chi connectivity index (χ0n) is 22.8. The fourth-order valence-electron chi connectivity index (χ4n) is 4.05. The lowest BCUT2D eigenvalue weighted by Gasteiger charge is -2.20. The molecule has 0 aliphatic rings. The fourth-order valence-corrected chi connectivity index (χ4v) is 4.05. The minimum absolute atomic E-state index is 0.0748. The summed E-state index contributed by atoms with van der Waals surface area (Å²) in [4.78, 5) is 44.9. The molecule has 0 fully saturated rings. The summed E-state index contributed by atoms with van der Waals surface area (Å²) in [6.45, 7) is 4.79. The first-order valence-electron chi connectivity index (χ1n) is 13.2. The fraction of sp³-hybridized carbons (Fsp3) is 0.323. The second-order valence-electron chi connectivity index (χ2n) is 9.76. The molecule has 8 nitrogen and oxygen atoms in total. The quantitative estimate of drug-likeness (QED) is 0.157. The lowest BCUT2D eigenvalue weighted by Crippen LogP contribution is -2.83. The largest absolute Gasteiger partial charge is 0.660 e. The van der Waals surface area contributed by atoms with E-state index in [4.69, 9.17) is 9.57 Å². The summed E-state index contributed by atoms with van der Waals surface area (Å²) in [7, 11) is 1.56. The Labute approximate surface area is 230 Å². The Morgan fingerprint density at radius 3 is 2.08 bits per heavy atom. The van der Waals surface area contributed by atoms with E-state index in [-0.39, 0.29) is 18.1 Å². The molecule has 3 aromatic rings. The Morgan fingerprint density at radius 2 is 1.49 bits per heavy atom. The van der Waals surface area contributed by atoms with Crippen molar-refractivity contribution in [3.63, 3.8) is 0 Å². The van der Waals surface area contributed by atoms with E-state index < -0.39 is 24.0 Å². The van der Waals surface area contributed by atoms with E-state index in [9.17, 15) is 14.4 Å². The summed E-state index contributed by atoms with van der Waals surface area (Å²) in [5.74, 6) is -0.386. The van der Waals surface area contributed by atoms with Gasteiger partial charge in [-0.1, -0.05) is 84.8 Å². The second kappa shape index (κ2) is 15.4. The normalized spacial score (nSPS) is 12.4. The Kier molecular flexibility index (Phi) is 11.7. The van der Waals surface area contributed by atoms with Crippen LogP contribution in [0.3, 0.4) is 0 Å². The van der Waals surface area contributed by atoms with Crippen molar-refractivity contribution in [2.75, 3.05) is 7.11 Å². The molecule has 0 spiro atoms. The molecule has 8 heteroatoms. The third kappa shape index (κ3) is 10.00. The smallest absolute Gasteiger partial charge is 0.497 e. The van der Waals surface area contributed by atoms with Gasteiger partial charge in [-0.15, -0.1) is 0 Å². The van der Waals surface area contributed by atoms with Crippen molar-refractivity contribution in [3.8, 4) is 5.75 Å². The molecule has 1 radical (unpaired) electrons. The van der Waals surface area contributed by atoms with Crippen LogP contribution in [0.4, 0.5) is 0 Å². The molecule has 0 saturated heterocycles. The number of ether oxygens (including phenoxy) is 1. The van der Waals surface area contributed by atoms with Gasteiger partial charge in [0.2, 0.25) is 5.91 Å². The van der Waals surface area contributed by atoms with Crippen LogP contribution in [0.2, 0.25) is 0 Å². The SMILES string of the molecule is COc1ccc(C(=O)C[C@@H](NCc2ccccc2)C(=O)N[C@@H](CC(C)C)C(=[O+])O[NH2+]Cc2ccccc2)cc1. The molecular weight excluding hydrogens is 494 g/mol. The van der Waals surface area contributed by atoms with Gasteiger partial charge in [0, 0.05) is 24.1 Å². The molecule has 205 valence electrons. The van der Waals surface area contributed by atoms with Crippen LogP contribution in [-0.4, -0.2) is 36.9 Å². The molecule has 0 bridgehead atoms.